The molecule has 0 unspecified atom stereocenters. The molecule has 1 amide bonds. The van der Waals surface area contributed by atoms with Crippen LogP contribution in [-0.2, 0) is 6.54 Å². The standard InChI is InChI=1S/C29H28F3N9O2/c30-29(31,32)43-25-16-12-23(13-17-25)34-28(36-33)41(24-14-10-21(11-15-24)20-4-2-1-3-5-20)18-19-6-8-22(9-7-19)26(42)35-27-37-39-40-38-27/h4,6-17H,1-3,5,18,33H2,(H,34,36)(H2,35,37,38,39,40,42). The van der Waals surface area contributed by atoms with Gasteiger partial charge in [0.15, 0.2) is 0 Å². The molecule has 3 aromatic carbocycles. The lowest BCUT2D eigenvalue weighted by Crippen LogP contribution is -2.37. The van der Waals surface area contributed by atoms with Gasteiger partial charge in [-0.3, -0.25) is 10.1 Å². The van der Waals surface area contributed by atoms with Gasteiger partial charge in [0.05, 0.1) is 6.54 Å². The van der Waals surface area contributed by atoms with E-state index in [1.807, 2.05) is 29.2 Å². The largest absolute Gasteiger partial charge is 0.573 e. The number of nitrogens with one attached hydrogen (secondary N) is 3. The molecule has 0 saturated heterocycles. The number of amides is 1. The first kappa shape index (κ1) is 29.1. The van der Waals surface area contributed by atoms with Crippen LogP contribution in [-0.4, -0.2) is 38.9 Å². The summed E-state index contributed by atoms with van der Waals surface area (Å²) in [6.45, 7) is 0.299. The van der Waals surface area contributed by atoms with E-state index >= 15 is 0 Å². The van der Waals surface area contributed by atoms with Crippen molar-refractivity contribution in [3.05, 3.63) is 95.6 Å². The predicted molar refractivity (Wildman–Crippen MR) is 156 cm³/mol. The van der Waals surface area contributed by atoms with Crippen molar-refractivity contribution in [2.45, 2.75) is 38.6 Å². The number of hydrogen-bond donors (Lipinski definition) is 4. The number of hydrazone groups is 1. The highest BCUT2D eigenvalue weighted by Crippen LogP contribution is 2.29. The quantitative estimate of drug-likeness (QED) is 0.0889. The number of alkyl halides is 3. The van der Waals surface area contributed by atoms with Gasteiger partial charge in [0.2, 0.25) is 5.96 Å². The molecule has 0 bridgehead atoms. The Morgan fingerprint density at radius 1 is 1.00 bits per heavy atom. The van der Waals surface area contributed by atoms with E-state index in [1.54, 1.807) is 24.3 Å². The first-order valence-electron chi connectivity index (χ1n) is 13.4. The fourth-order valence-electron chi connectivity index (χ4n) is 4.62. The zero-order chi connectivity index (χ0) is 30.2. The third kappa shape index (κ3) is 7.87. The van der Waals surface area contributed by atoms with Crippen LogP contribution >= 0.6 is 0 Å². The summed E-state index contributed by atoms with van der Waals surface area (Å²) in [6.07, 6.45) is 1.92. The number of tetrazole rings is 1. The molecular formula is C29H28F3N9O2. The Balaban J connectivity index is 1.38. The zero-order valence-electron chi connectivity index (χ0n) is 22.8. The minimum Gasteiger partial charge on any atom is -0.406 e. The Kier molecular flexibility index (Phi) is 8.84. The summed E-state index contributed by atoms with van der Waals surface area (Å²) in [7, 11) is 0. The van der Waals surface area contributed by atoms with Crippen LogP contribution in [0.4, 0.5) is 30.5 Å². The number of ether oxygens (including phenoxy) is 1. The maximum Gasteiger partial charge on any atom is 0.573 e. The van der Waals surface area contributed by atoms with Crippen LogP contribution in [0.25, 0.3) is 5.57 Å². The molecule has 0 fully saturated rings. The van der Waals surface area contributed by atoms with Gasteiger partial charge >= 0.3 is 6.36 Å². The van der Waals surface area contributed by atoms with Crippen LogP contribution in [0.5, 0.6) is 5.75 Å². The molecule has 43 heavy (non-hydrogen) atoms. The van der Waals surface area contributed by atoms with Crippen molar-refractivity contribution in [3.8, 4) is 5.75 Å². The fourth-order valence-corrected chi connectivity index (χ4v) is 4.62. The predicted octanol–water partition coefficient (Wildman–Crippen LogP) is 5.66. The normalized spacial score (nSPS) is 13.7. The number of halogens is 3. The Bertz CT molecular complexity index is 1570. The minimum absolute atomic E-state index is 0.0561. The molecule has 1 aliphatic rings. The summed E-state index contributed by atoms with van der Waals surface area (Å²) in [4.78, 5) is 14.4. The number of aromatic amines is 1. The highest BCUT2D eigenvalue weighted by atomic mass is 19.4. The molecule has 0 radical (unpaired) electrons. The minimum atomic E-state index is -4.79. The average Bonchev–Trinajstić information content (AvgIpc) is 3.53. The van der Waals surface area contributed by atoms with Crippen molar-refractivity contribution in [1.82, 2.24) is 20.6 Å². The van der Waals surface area contributed by atoms with E-state index in [1.165, 1.54) is 36.3 Å². The molecule has 1 aliphatic carbocycles. The Hall–Kier alpha value is -5.40. The van der Waals surface area contributed by atoms with Crippen LogP contribution in [0, 0.1) is 0 Å². The van der Waals surface area contributed by atoms with E-state index in [2.05, 4.69) is 47.2 Å². The van der Waals surface area contributed by atoms with Gasteiger partial charge in [-0.05, 0) is 96.1 Å². The summed E-state index contributed by atoms with van der Waals surface area (Å²) in [5, 5.41) is 22.7. The number of hydrogen-bond acceptors (Lipinski definition) is 7. The lowest BCUT2D eigenvalue weighted by Gasteiger charge is -2.27. The SMILES string of the molecule is N/N=C(/Nc1ccc(OC(F)(F)F)cc1)N(Cc1ccc(C(=O)Nc2nn[nH]n2)cc1)c1ccc(C2=CCCCC2)cc1. The second-order valence-corrected chi connectivity index (χ2v) is 9.64. The van der Waals surface area contributed by atoms with Crippen LogP contribution in [0.1, 0.15) is 47.2 Å². The maximum absolute atomic E-state index is 12.6. The number of benzene rings is 3. The smallest absolute Gasteiger partial charge is 0.406 e. The Morgan fingerprint density at radius 3 is 2.35 bits per heavy atom. The third-order valence-electron chi connectivity index (χ3n) is 6.69. The number of aromatic nitrogens is 4. The molecule has 0 atom stereocenters. The van der Waals surface area contributed by atoms with Gasteiger partial charge in [0.1, 0.15) is 5.75 Å². The lowest BCUT2D eigenvalue weighted by molar-refractivity contribution is -0.274. The summed E-state index contributed by atoms with van der Waals surface area (Å²) >= 11 is 0. The average molecular weight is 592 g/mol. The van der Waals surface area contributed by atoms with E-state index in [-0.39, 0.29) is 17.7 Å². The highest BCUT2D eigenvalue weighted by Gasteiger charge is 2.31. The number of carbonyl (C=O) groups is 1. The van der Waals surface area contributed by atoms with Gasteiger partial charge in [-0.25, -0.2) is 0 Å². The summed E-state index contributed by atoms with van der Waals surface area (Å²) in [5.74, 6) is 5.38. The first-order chi connectivity index (χ1) is 20.8. The highest BCUT2D eigenvalue weighted by molar-refractivity contribution is 6.05. The van der Waals surface area contributed by atoms with Crippen LogP contribution in [0.15, 0.2) is 84.0 Å². The molecule has 11 nitrogen and oxygen atoms in total. The fraction of sp³-hybridized carbons (Fsp3) is 0.207. The Labute approximate surface area is 244 Å². The van der Waals surface area contributed by atoms with Crippen LogP contribution in [0.3, 0.4) is 0 Å². The Morgan fingerprint density at radius 2 is 1.74 bits per heavy atom. The lowest BCUT2D eigenvalue weighted by atomic mass is 9.93. The summed E-state index contributed by atoms with van der Waals surface area (Å²) < 4.78 is 41.7. The third-order valence-corrected chi connectivity index (χ3v) is 6.69. The van der Waals surface area contributed by atoms with Gasteiger partial charge in [-0.15, -0.1) is 23.4 Å². The molecule has 5 rings (SSSR count). The molecule has 0 aliphatic heterocycles. The first-order valence-corrected chi connectivity index (χ1v) is 13.4. The number of nitrogens with two attached hydrogens (primary N) is 1. The number of guanidine groups is 1. The number of nitrogens with zero attached hydrogens (tertiary/aromatic N) is 5. The van der Waals surface area contributed by atoms with Crippen molar-refractivity contribution < 1.29 is 22.7 Å². The molecule has 0 saturated carbocycles. The van der Waals surface area contributed by atoms with E-state index in [9.17, 15) is 18.0 Å². The van der Waals surface area contributed by atoms with Crippen molar-refractivity contribution in [2.75, 3.05) is 15.5 Å². The maximum atomic E-state index is 12.6. The molecule has 5 N–H and O–H groups in total. The van der Waals surface area contributed by atoms with Gasteiger partial charge in [-0.2, -0.15) is 5.21 Å². The number of carbonyl (C=O) groups excluding carboxylic acids is 1. The van der Waals surface area contributed by atoms with E-state index in [0.717, 1.165) is 36.1 Å². The number of H-pyrrole nitrogens is 1. The summed E-state index contributed by atoms with van der Waals surface area (Å²) in [6, 6.07) is 20.2. The molecule has 1 aromatic heterocycles. The number of allylic oxidation sites excluding steroid dienone is 2. The summed E-state index contributed by atoms with van der Waals surface area (Å²) in [5.41, 5.74) is 4.88. The molecule has 0 spiro atoms. The van der Waals surface area contributed by atoms with Crippen LogP contribution in [0.2, 0.25) is 0 Å². The van der Waals surface area contributed by atoms with Crippen molar-refractivity contribution in [3.63, 3.8) is 0 Å². The van der Waals surface area contributed by atoms with E-state index in [4.69, 9.17) is 5.84 Å². The van der Waals surface area contributed by atoms with Crippen molar-refractivity contribution in [2.24, 2.45) is 10.9 Å². The zero-order valence-corrected chi connectivity index (χ0v) is 22.8. The second-order valence-electron chi connectivity index (χ2n) is 9.64. The van der Waals surface area contributed by atoms with Crippen molar-refractivity contribution >= 4 is 34.8 Å². The van der Waals surface area contributed by atoms with Gasteiger partial charge in [0.25, 0.3) is 11.9 Å². The monoisotopic (exact) mass is 591 g/mol. The van der Waals surface area contributed by atoms with E-state index in [0.29, 0.717) is 17.8 Å². The molecule has 14 heteroatoms. The van der Waals surface area contributed by atoms with Gasteiger partial charge < -0.3 is 20.8 Å². The number of rotatable bonds is 8. The van der Waals surface area contributed by atoms with Crippen LogP contribution < -0.4 is 26.1 Å². The number of anilines is 3. The van der Waals surface area contributed by atoms with Crippen molar-refractivity contribution in [1.29, 1.82) is 0 Å². The second kappa shape index (κ2) is 13.1. The molecule has 4 aromatic rings. The molecule has 1 heterocycles. The van der Waals surface area contributed by atoms with Gasteiger partial charge in [-0.1, -0.05) is 35.4 Å². The molecule has 222 valence electrons. The van der Waals surface area contributed by atoms with Gasteiger partial charge in [0, 0.05) is 16.9 Å². The topological polar surface area (TPSA) is 146 Å². The molecular weight excluding hydrogens is 563 g/mol. The van der Waals surface area contributed by atoms with E-state index < -0.39 is 12.3 Å².